The van der Waals surface area contributed by atoms with Crippen LogP contribution in [0.1, 0.15) is 19.8 Å². The molecule has 1 saturated heterocycles. The van der Waals surface area contributed by atoms with Gasteiger partial charge in [-0.05, 0) is 31.9 Å². The number of hydrogen-bond acceptors (Lipinski definition) is 8. The molecule has 29 heavy (non-hydrogen) atoms. The smallest absolute Gasteiger partial charge is 0.353 e. The highest BCUT2D eigenvalue weighted by Gasteiger charge is 2.32. The van der Waals surface area contributed by atoms with Crippen LogP contribution in [0, 0.1) is 22.6 Å². The van der Waals surface area contributed by atoms with Gasteiger partial charge in [-0.25, -0.2) is 14.8 Å². The lowest BCUT2D eigenvalue weighted by molar-refractivity contribution is -0.383. The summed E-state index contributed by atoms with van der Waals surface area (Å²) >= 11 is 0. The zero-order chi connectivity index (χ0) is 20.8. The van der Waals surface area contributed by atoms with Crippen LogP contribution >= 0.6 is 0 Å². The average molecular weight is 396 g/mol. The van der Waals surface area contributed by atoms with E-state index in [0.29, 0.717) is 43.9 Å². The number of anilines is 3. The molecule has 1 N–H and O–H groups in total. The molecule has 1 aromatic heterocycles. The third-order valence-electron chi connectivity index (χ3n) is 4.66. The molecule has 150 valence electrons. The molecule has 1 aromatic carbocycles. The molecule has 1 fully saturated rings. The summed E-state index contributed by atoms with van der Waals surface area (Å²) in [6.07, 6.45) is 2.36. The molecule has 10 heteroatoms. The lowest BCUT2D eigenvalue weighted by Gasteiger charge is -2.31. The lowest BCUT2D eigenvalue weighted by atomic mass is 9.97. The number of piperidine rings is 1. The third kappa shape index (κ3) is 4.57. The molecule has 0 unspecified atom stereocenters. The van der Waals surface area contributed by atoms with Gasteiger partial charge < -0.3 is 15.0 Å². The van der Waals surface area contributed by atoms with Crippen LogP contribution in [0.5, 0.6) is 0 Å². The van der Waals surface area contributed by atoms with Gasteiger partial charge in [0.1, 0.15) is 6.33 Å². The molecular weight excluding hydrogens is 376 g/mol. The van der Waals surface area contributed by atoms with Crippen molar-refractivity contribution in [2.24, 2.45) is 5.92 Å². The Morgan fingerprint density at radius 3 is 2.62 bits per heavy atom. The Morgan fingerprint density at radius 2 is 2.03 bits per heavy atom. The summed E-state index contributed by atoms with van der Waals surface area (Å²) in [6, 6.07) is 6.54. The van der Waals surface area contributed by atoms with E-state index in [4.69, 9.17) is 11.3 Å². The van der Waals surface area contributed by atoms with Crippen LogP contribution < -0.4 is 10.2 Å². The number of nitrogens with one attached hydrogen (secondary N) is 1. The number of nitrogens with zero attached hydrogens (tertiary/aromatic N) is 5. The van der Waals surface area contributed by atoms with Crippen LogP contribution in [0.4, 0.5) is 28.7 Å². The highest BCUT2D eigenvalue weighted by Crippen LogP contribution is 2.35. The Bertz CT molecular complexity index is 933. The molecule has 1 aliphatic heterocycles. The summed E-state index contributed by atoms with van der Waals surface area (Å²) in [4.78, 5) is 36.5. The maximum absolute atomic E-state index is 11.9. The van der Waals surface area contributed by atoms with Gasteiger partial charge in [0, 0.05) is 18.8 Å². The van der Waals surface area contributed by atoms with E-state index in [1.807, 2.05) is 0 Å². The summed E-state index contributed by atoms with van der Waals surface area (Å²) in [5.41, 5.74) is 0.820. The molecule has 0 atom stereocenters. The molecule has 0 aliphatic carbocycles. The van der Waals surface area contributed by atoms with Gasteiger partial charge in [0.15, 0.2) is 5.69 Å². The molecule has 0 radical (unpaired) electrons. The van der Waals surface area contributed by atoms with E-state index in [0.717, 1.165) is 0 Å². The number of rotatable bonds is 6. The number of esters is 1. The van der Waals surface area contributed by atoms with Crippen molar-refractivity contribution in [1.29, 1.82) is 0 Å². The van der Waals surface area contributed by atoms with Crippen LogP contribution in [0.2, 0.25) is 0 Å². The first-order valence-electron chi connectivity index (χ1n) is 9.19. The summed E-state index contributed by atoms with van der Waals surface area (Å²) in [5.74, 6) is -0.143. The molecule has 0 saturated carbocycles. The first-order valence-corrected chi connectivity index (χ1v) is 9.19. The fourth-order valence-corrected chi connectivity index (χ4v) is 3.20. The predicted octanol–water partition coefficient (Wildman–Crippen LogP) is 3.46. The Balaban J connectivity index is 1.81. The second-order valence-electron chi connectivity index (χ2n) is 6.45. The van der Waals surface area contributed by atoms with E-state index in [2.05, 4.69) is 20.1 Å². The second kappa shape index (κ2) is 8.97. The number of ether oxygens (including phenoxy) is 1. The Kier molecular flexibility index (Phi) is 6.19. The van der Waals surface area contributed by atoms with Crippen molar-refractivity contribution >= 4 is 34.7 Å². The maximum Gasteiger partial charge on any atom is 0.353 e. The quantitative estimate of drug-likeness (QED) is 0.342. The number of hydrogen-bond donors (Lipinski definition) is 1. The second-order valence-corrected chi connectivity index (χ2v) is 6.45. The molecule has 1 aliphatic rings. The van der Waals surface area contributed by atoms with Crippen molar-refractivity contribution in [2.75, 3.05) is 29.9 Å². The largest absolute Gasteiger partial charge is 0.466 e. The Hall–Kier alpha value is -3.74. The van der Waals surface area contributed by atoms with Crippen molar-refractivity contribution < 1.29 is 14.5 Å². The molecule has 3 rings (SSSR count). The van der Waals surface area contributed by atoms with Gasteiger partial charge in [-0.3, -0.25) is 14.9 Å². The van der Waals surface area contributed by atoms with E-state index in [9.17, 15) is 14.9 Å². The van der Waals surface area contributed by atoms with Crippen LogP contribution in [0.25, 0.3) is 4.85 Å². The highest BCUT2D eigenvalue weighted by atomic mass is 16.6. The first-order chi connectivity index (χ1) is 14.0. The topological polar surface area (TPSA) is 115 Å². The van der Waals surface area contributed by atoms with Gasteiger partial charge in [0.25, 0.3) is 0 Å². The minimum atomic E-state index is -0.511. The van der Waals surface area contributed by atoms with Crippen LogP contribution in [0.3, 0.4) is 0 Å². The van der Waals surface area contributed by atoms with Crippen LogP contribution in [0.15, 0.2) is 30.6 Å². The van der Waals surface area contributed by atoms with E-state index < -0.39 is 4.92 Å². The summed E-state index contributed by atoms with van der Waals surface area (Å²) in [6.45, 7) is 10.0. The monoisotopic (exact) mass is 396 g/mol. The summed E-state index contributed by atoms with van der Waals surface area (Å²) < 4.78 is 5.07. The predicted molar refractivity (Wildman–Crippen MR) is 106 cm³/mol. The lowest BCUT2D eigenvalue weighted by Crippen LogP contribution is -2.37. The summed E-state index contributed by atoms with van der Waals surface area (Å²) in [5, 5.41) is 14.7. The van der Waals surface area contributed by atoms with E-state index >= 15 is 0 Å². The van der Waals surface area contributed by atoms with Gasteiger partial charge in [0.05, 0.1) is 24.0 Å². The van der Waals surface area contributed by atoms with Crippen molar-refractivity contribution in [3.05, 3.63) is 52.1 Å². The van der Waals surface area contributed by atoms with Crippen LogP contribution in [-0.2, 0) is 9.53 Å². The Morgan fingerprint density at radius 1 is 1.34 bits per heavy atom. The SMILES string of the molecule is [C-]#[N+]c1ccc(Nc2ncnc(N3CCC(C(=O)OCC)CC3)c2[N+](=O)[O-])cc1. The molecule has 0 amide bonds. The van der Waals surface area contributed by atoms with E-state index in [1.165, 1.54) is 6.33 Å². The average Bonchev–Trinajstić information content (AvgIpc) is 2.74. The number of carbonyl (C=O) groups excluding carboxylic acids is 1. The zero-order valence-corrected chi connectivity index (χ0v) is 15.9. The third-order valence-corrected chi connectivity index (χ3v) is 4.66. The number of benzene rings is 1. The highest BCUT2D eigenvalue weighted by molar-refractivity contribution is 5.76. The fraction of sp³-hybridized carbons (Fsp3) is 0.368. The molecule has 0 bridgehead atoms. The van der Waals surface area contributed by atoms with Gasteiger partial charge in [-0.1, -0.05) is 12.1 Å². The minimum Gasteiger partial charge on any atom is -0.466 e. The first kappa shape index (κ1) is 20.0. The molecule has 10 nitrogen and oxygen atoms in total. The zero-order valence-electron chi connectivity index (χ0n) is 15.9. The molecular formula is C19H20N6O4. The molecule has 2 heterocycles. The summed E-state index contributed by atoms with van der Waals surface area (Å²) in [7, 11) is 0. The molecule has 2 aromatic rings. The molecule has 0 spiro atoms. The number of aromatic nitrogens is 2. The van der Waals surface area contributed by atoms with E-state index in [1.54, 1.807) is 36.1 Å². The minimum absolute atomic E-state index is 0.0723. The van der Waals surface area contributed by atoms with Crippen molar-refractivity contribution in [3.8, 4) is 0 Å². The number of carbonyl (C=O) groups is 1. The normalized spacial score (nSPS) is 14.1. The standard InChI is InChI=1S/C19H20N6O4/c1-3-29-19(26)13-8-10-24(11-9-13)18-16(25(27)28)17(21-12-22-18)23-15-6-4-14(20-2)5-7-15/h4-7,12-13H,3,8-11H2,1H3,(H,21,22,23). The van der Waals surface area contributed by atoms with Gasteiger partial charge in [-0.15, -0.1) is 0 Å². The Labute approximate surface area is 167 Å². The van der Waals surface area contributed by atoms with Gasteiger partial charge in [0.2, 0.25) is 11.6 Å². The van der Waals surface area contributed by atoms with E-state index in [-0.39, 0.29) is 29.2 Å². The van der Waals surface area contributed by atoms with Gasteiger partial charge >= 0.3 is 11.7 Å². The maximum atomic E-state index is 11.9. The fourth-order valence-electron chi connectivity index (χ4n) is 3.20. The van der Waals surface area contributed by atoms with Crippen molar-refractivity contribution in [1.82, 2.24) is 9.97 Å². The van der Waals surface area contributed by atoms with Crippen LogP contribution in [-0.4, -0.2) is 40.6 Å². The number of nitro groups is 1. The van der Waals surface area contributed by atoms with Gasteiger partial charge in [-0.2, -0.15) is 0 Å². The van der Waals surface area contributed by atoms with Crippen molar-refractivity contribution in [2.45, 2.75) is 19.8 Å². The van der Waals surface area contributed by atoms with Crippen molar-refractivity contribution in [3.63, 3.8) is 0 Å².